The summed E-state index contributed by atoms with van der Waals surface area (Å²) in [5.74, 6) is -1.38. The molecule has 12 heteroatoms. The molecule has 0 aromatic heterocycles. The molecule has 9 nitrogen and oxygen atoms in total. The van der Waals surface area contributed by atoms with E-state index in [1.54, 1.807) is 18.7 Å². The number of carbonyl (C=O) groups is 4. The van der Waals surface area contributed by atoms with Crippen LogP contribution in [0.25, 0.3) is 0 Å². The maximum Gasteiger partial charge on any atom is 0.416 e. The number of hydrogen-bond acceptors (Lipinski definition) is 5. The van der Waals surface area contributed by atoms with Crippen molar-refractivity contribution in [3.63, 3.8) is 0 Å². The number of benzene rings is 1. The molecular weight excluding hydrogens is 493 g/mol. The summed E-state index contributed by atoms with van der Waals surface area (Å²) in [4.78, 5) is 53.1. The van der Waals surface area contributed by atoms with Gasteiger partial charge in [0.25, 0.3) is 0 Å². The Hall–Kier alpha value is -3.31. The number of amides is 4. The summed E-state index contributed by atoms with van der Waals surface area (Å²) < 4.78 is 43.7. The maximum atomic E-state index is 13.3. The molecule has 0 spiro atoms. The largest absolute Gasteiger partial charge is 0.466 e. The van der Waals surface area contributed by atoms with E-state index in [0.717, 1.165) is 12.1 Å². The van der Waals surface area contributed by atoms with Crippen molar-refractivity contribution in [1.29, 1.82) is 0 Å². The first-order chi connectivity index (χ1) is 17.4. The minimum Gasteiger partial charge on any atom is -0.466 e. The van der Waals surface area contributed by atoms with Gasteiger partial charge in [-0.25, -0.2) is 4.79 Å². The zero-order valence-corrected chi connectivity index (χ0v) is 21.6. The van der Waals surface area contributed by atoms with Gasteiger partial charge in [-0.2, -0.15) is 13.2 Å². The molecule has 2 N–H and O–H groups in total. The van der Waals surface area contributed by atoms with Gasteiger partial charge in [-0.05, 0) is 38.0 Å². The van der Waals surface area contributed by atoms with E-state index in [1.807, 2.05) is 13.8 Å². The second-order valence-corrected chi connectivity index (χ2v) is 9.07. The van der Waals surface area contributed by atoms with Crippen molar-refractivity contribution >= 4 is 29.5 Å². The van der Waals surface area contributed by atoms with Gasteiger partial charge in [0.1, 0.15) is 6.04 Å². The average Bonchev–Trinajstić information content (AvgIpc) is 2.84. The SMILES string of the molecule is CCOC(=O)CCC(=O)NC(C(=O)N1CCN(C(=O)Nc2cccc(C(F)(F)F)c2)C(C)C1)C(C)CC. The zero-order valence-electron chi connectivity index (χ0n) is 21.6. The summed E-state index contributed by atoms with van der Waals surface area (Å²) in [7, 11) is 0. The Balaban J connectivity index is 1.99. The summed E-state index contributed by atoms with van der Waals surface area (Å²) >= 11 is 0. The lowest BCUT2D eigenvalue weighted by Gasteiger charge is -2.41. The first-order valence-electron chi connectivity index (χ1n) is 12.4. The van der Waals surface area contributed by atoms with E-state index in [4.69, 9.17) is 4.74 Å². The average molecular weight is 529 g/mol. The lowest BCUT2D eigenvalue weighted by Crippen LogP contribution is -2.60. The maximum absolute atomic E-state index is 13.3. The normalized spacial score (nSPS) is 17.5. The highest BCUT2D eigenvalue weighted by molar-refractivity contribution is 5.91. The fraction of sp³-hybridized carbons (Fsp3) is 0.600. The number of nitrogens with zero attached hydrogens (tertiary/aromatic N) is 2. The van der Waals surface area contributed by atoms with E-state index in [0.29, 0.717) is 6.42 Å². The van der Waals surface area contributed by atoms with E-state index in [9.17, 15) is 32.3 Å². The highest BCUT2D eigenvalue weighted by Gasteiger charge is 2.36. The molecule has 206 valence electrons. The van der Waals surface area contributed by atoms with Crippen LogP contribution in [0.15, 0.2) is 24.3 Å². The van der Waals surface area contributed by atoms with E-state index in [-0.39, 0.29) is 56.6 Å². The van der Waals surface area contributed by atoms with Crippen LogP contribution in [-0.2, 0) is 25.3 Å². The monoisotopic (exact) mass is 528 g/mol. The zero-order chi connectivity index (χ0) is 27.8. The predicted molar refractivity (Wildman–Crippen MR) is 130 cm³/mol. The Morgan fingerprint density at radius 3 is 2.43 bits per heavy atom. The highest BCUT2D eigenvalue weighted by atomic mass is 19.4. The van der Waals surface area contributed by atoms with Gasteiger partial charge in [-0.15, -0.1) is 0 Å². The van der Waals surface area contributed by atoms with Crippen LogP contribution < -0.4 is 10.6 Å². The molecule has 3 atom stereocenters. The van der Waals surface area contributed by atoms with Crippen molar-refractivity contribution < 1.29 is 37.1 Å². The Kier molecular flexibility index (Phi) is 10.8. The van der Waals surface area contributed by atoms with Crippen LogP contribution in [0.2, 0.25) is 0 Å². The number of esters is 1. The van der Waals surface area contributed by atoms with Crippen molar-refractivity contribution in [2.75, 3.05) is 31.6 Å². The molecule has 1 aliphatic rings. The van der Waals surface area contributed by atoms with E-state index in [1.165, 1.54) is 17.0 Å². The Bertz CT molecular complexity index is 972. The van der Waals surface area contributed by atoms with Gasteiger partial charge in [-0.3, -0.25) is 14.4 Å². The fourth-order valence-electron chi connectivity index (χ4n) is 4.00. The number of hydrogen-bond donors (Lipinski definition) is 2. The molecular formula is C25H35F3N4O5. The van der Waals surface area contributed by atoms with Gasteiger partial charge < -0.3 is 25.2 Å². The molecule has 0 radical (unpaired) electrons. The third-order valence-electron chi connectivity index (χ3n) is 6.30. The molecule has 4 amide bonds. The Labute approximate surface area is 214 Å². The van der Waals surface area contributed by atoms with Gasteiger partial charge in [0.15, 0.2) is 0 Å². The van der Waals surface area contributed by atoms with Crippen LogP contribution in [0.1, 0.15) is 52.5 Å². The topological polar surface area (TPSA) is 108 Å². The molecule has 1 fully saturated rings. The van der Waals surface area contributed by atoms with Crippen LogP contribution in [0.3, 0.4) is 0 Å². The molecule has 0 aliphatic carbocycles. The number of anilines is 1. The van der Waals surface area contributed by atoms with E-state index < -0.39 is 41.7 Å². The lowest BCUT2D eigenvalue weighted by atomic mass is 9.96. The lowest BCUT2D eigenvalue weighted by molar-refractivity contribution is -0.145. The third-order valence-corrected chi connectivity index (χ3v) is 6.30. The quantitative estimate of drug-likeness (QED) is 0.476. The second kappa shape index (κ2) is 13.3. The van der Waals surface area contributed by atoms with Crippen LogP contribution in [0.5, 0.6) is 0 Å². The van der Waals surface area contributed by atoms with Crippen LogP contribution in [-0.4, -0.2) is 71.9 Å². The van der Waals surface area contributed by atoms with Crippen molar-refractivity contribution in [2.45, 2.75) is 65.2 Å². The number of nitrogens with one attached hydrogen (secondary N) is 2. The van der Waals surface area contributed by atoms with Gasteiger partial charge in [0, 0.05) is 37.8 Å². The summed E-state index contributed by atoms with van der Waals surface area (Å²) in [5.41, 5.74) is -0.845. The first-order valence-corrected chi connectivity index (χ1v) is 12.4. The molecule has 1 saturated heterocycles. The number of alkyl halides is 3. The summed E-state index contributed by atoms with van der Waals surface area (Å²) in [5, 5.41) is 5.23. The molecule has 0 bridgehead atoms. The molecule has 1 aromatic carbocycles. The van der Waals surface area contributed by atoms with Crippen LogP contribution >= 0.6 is 0 Å². The van der Waals surface area contributed by atoms with Crippen molar-refractivity contribution in [2.24, 2.45) is 5.92 Å². The standard InChI is InChI=1S/C25H35F3N4O5/c1-5-16(3)22(30-20(33)10-11-21(34)37-6-2)23(35)31-12-13-32(17(4)15-31)24(36)29-19-9-7-8-18(14-19)25(26,27)28/h7-9,14,16-17,22H,5-6,10-13,15H2,1-4H3,(H,29,36)(H,30,33). The summed E-state index contributed by atoms with van der Waals surface area (Å²) in [6, 6.07) is 2.60. The first kappa shape index (κ1) is 29.9. The number of carbonyl (C=O) groups excluding carboxylic acids is 4. The minimum atomic E-state index is -4.53. The van der Waals surface area contributed by atoms with Crippen molar-refractivity contribution in [3.8, 4) is 0 Å². The molecule has 1 aromatic rings. The highest BCUT2D eigenvalue weighted by Crippen LogP contribution is 2.30. The second-order valence-electron chi connectivity index (χ2n) is 9.07. The molecule has 1 aliphatic heterocycles. The summed E-state index contributed by atoms with van der Waals surface area (Å²) in [6.07, 6.45) is -4.08. The van der Waals surface area contributed by atoms with E-state index >= 15 is 0 Å². The molecule has 0 saturated carbocycles. The Morgan fingerprint density at radius 2 is 1.84 bits per heavy atom. The fourth-order valence-corrected chi connectivity index (χ4v) is 4.00. The molecule has 37 heavy (non-hydrogen) atoms. The van der Waals surface area contributed by atoms with Crippen molar-refractivity contribution in [1.82, 2.24) is 15.1 Å². The van der Waals surface area contributed by atoms with Crippen molar-refractivity contribution in [3.05, 3.63) is 29.8 Å². The molecule has 1 heterocycles. The number of piperazine rings is 1. The van der Waals surface area contributed by atoms with Crippen LogP contribution in [0, 0.1) is 5.92 Å². The minimum absolute atomic E-state index is 0.0212. The van der Waals surface area contributed by atoms with Gasteiger partial charge >= 0.3 is 18.2 Å². The third kappa shape index (κ3) is 8.64. The smallest absolute Gasteiger partial charge is 0.416 e. The van der Waals surface area contributed by atoms with Crippen LogP contribution in [0.4, 0.5) is 23.7 Å². The summed E-state index contributed by atoms with van der Waals surface area (Å²) in [6.45, 7) is 7.93. The van der Waals surface area contributed by atoms with Gasteiger partial charge in [-0.1, -0.05) is 26.3 Å². The van der Waals surface area contributed by atoms with E-state index in [2.05, 4.69) is 10.6 Å². The van der Waals surface area contributed by atoms with Gasteiger partial charge in [0.2, 0.25) is 11.8 Å². The Morgan fingerprint density at radius 1 is 1.14 bits per heavy atom. The molecule has 3 unspecified atom stereocenters. The number of rotatable bonds is 9. The van der Waals surface area contributed by atoms with Gasteiger partial charge in [0.05, 0.1) is 18.6 Å². The predicted octanol–water partition coefficient (Wildman–Crippen LogP) is 3.64. The number of urea groups is 1. The number of halogens is 3. The molecule has 2 rings (SSSR count). The number of ether oxygens (including phenoxy) is 1.